The number of aromatic nitrogens is 2. The summed E-state index contributed by atoms with van der Waals surface area (Å²) in [5, 5.41) is 17.1. The summed E-state index contributed by atoms with van der Waals surface area (Å²) in [4.78, 5) is 24.5. The number of halogens is 2. The zero-order valence-corrected chi connectivity index (χ0v) is 19.6. The van der Waals surface area contributed by atoms with Gasteiger partial charge in [-0.15, -0.1) is 0 Å². The van der Waals surface area contributed by atoms with Crippen LogP contribution < -0.4 is 11.1 Å². The van der Waals surface area contributed by atoms with Crippen molar-refractivity contribution in [2.75, 3.05) is 5.73 Å². The molecule has 0 spiro atoms. The highest BCUT2D eigenvalue weighted by molar-refractivity contribution is 5.95. The van der Waals surface area contributed by atoms with Gasteiger partial charge in [-0.2, -0.15) is 5.10 Å². The highest BCUT2D eigenvalue weighted by atomic mass is 19.3. The fourth-order valence-corrected chi connectivity index (χ4v) is 4.47. The van der Waals surface area contributed by atoms with Gasteiger partial charge >= 0.3 is 5.97 Å². The molecule has 0 saturated heterocycles. The molecular formula is C26H28F2N4O3. The number of aryl methyl sites for hydroxylation is 2. The van der Waals surface area contributed by atoms with Crippen molar-refractivity contribution in [3.63, 3.8) is 0 Å². The number of nitrogens with zero attached hydrogens (tertiary/aromatic N) is 2. The number of nitrogens with one attached hydrogen (secondary N) is 1. The van der Waals surface area contributed by atoms with Gasteiger partial charge in [-0.1, -0.05) is 29.8 Å². The van der Waals surface area contributed by atoms with E-state index in [-0.39, 0.29) is 48.9 Å². The van der Waals surface area contributed by atoms with Gasteiger partial charge in [0.1, 0.15) is 0 Å². The Kier molecular flexibility index (Phi) is 6.60. The average molecular weight is 483 g/mol. The summed E-state index contributed by atoms with van der Waals surface area (Å²) in [7, 11) is 0. The zero-order valence-electron chi connectivity index (χ0n) is 19.6. The van der Waals surface area contributed by atoms with E-state index in [4.69, 9.17) is 5.73 Å². The Balaban J connectivity index is 1.52. The predicted octanol–water partition coefficient (Wildman–Crippen LogP) is 4.99. The van der Waals surface area contributed by atoms with Crippen molar-refractivity contribution in [3.8, 4) is 5.69 Å². The number of carboxylic acids is 1. The Morgan fingerprint density at radius 3 is 2.43 bits per heavy atom. The van der Waals surface area contributed by atoms with Gasteiger partial charge in [0.2, 0.25) is 5.92 Å². The van der Waals surface area contributed by atoms with E-state index in [0.717, 1.165) is 16.7 Å². The van der Waals surface area contributed by atoms with E-state index < -0.39 is 11.9 Å². The van der Waals surface area contributed by atoms with Crippen LogP contribution in [-0.2, 0) is 6.54 Å². The second kappa shape index (κ2) is 9.48. The molecule has 0 radical (unpaired) electrons. The molecule has 4 N–H and O–H groups in total. The maximum atomic E-state index is 13.6. The normalized spacial score (nSPS) is 15.7. The minimum absolute atomic E-state index is 0.0116. The number of aromatic carboxylic acids is 1. The summed E-state index contributed by atoms with van der Waals surface area (Å²) in [6, 6.07) is 12.6. The number of rotatable bonds is 6. The van der Waals surface area contributed by atoms with E-state index in [1.54, 1.807) is 24.3 Å². The number of anilines is 1. The molecule has 35 heavy (non-hydrogen) atoms. The zero-order chi connectivity index (χ0) is 25.3. The molecular weight excluding hydrogens is 454 g/mol. The van der Waals surface area contributed by atoms with Gasteiger partial charge in [0.05, 0.1) is 17.1 Å². The first-order chi connectivity index (χ1) is 16.6. The molecule has 2 aromatic carbocycles. The fourth-order valence-electron chi connectivity index (χ4n) is 4.47. The third kappa shape index (κ3) is 5.18. The molecule has 1 aromatic heterocycles. The van der Waals surface area contributed by atoms with E-state index in [9.17, 15) is 23.5 Å². The van der Waals surface area contributed by atoms with Gasteiger partial charge in [0.25, 0.3) is 5.91 Å². The van der Waals surface area contributed by atoms with Crippen LogP contribution in [0.5, 0.6) is 0 Å². The summed E-state index contributed by atoms with van der Waals surface area (Å²) < 4.78 is 28.4. The van der Waals surface area contributed by atoms with Crippen LogP contribution in [0.15, 0.2) is 42.5 Å². The Morgan fingerprint density at radius 1 is 1.14 bits per heavy atom. The molecule has 0 aliphatic heterocycles. The minimum Gasteiger partial charge on any atom is -0.476 e. The predicted molar refractivity (Wildman–Crippen MR) is 128 cm³/mol. The summed E-state index contributed by atoms with van der Waals surface area (Å²) in [6.07, 6.45) is -0.137. The third-order valence-electron chi connectivity index (χ3n) is 6.53. The smallest absolute Gasteiger partial charge is 0.356 e. The van der Waals surface area contributed by atoms with Crippen molar-refractivity contribution in [1.82, 2.24) is 15.1 Å². The fraction of sp³-hybridized carbons (Fsp3) is 0.346. The topological polar surface area (TPSA) is 110 Å². The lowest BCUT2D eigenvalue weighted by Gasteiger charge is -2.27. The molecule has 184 valence electrons. The Morgan fingerprint density at radius 2 is 1.80 bits per heavy atom. The lowest BCUT2D eigenvalue weighted by molar-refractivity contribution is -0.0384. The van der Waals surface area contributed by atoms with E-state index in [1.807, 2.05) is 32.0 Å². The van der Waals surface area contributed by atoms with Crippen molar-refractivity contribution < 1.29 is 23.5 Å². The second-order valence-electron chi connectivity index (χ2n) is 9.16. The Hall–Kier alpha value is -3.75. The van der Waals surface area contributed by atoms with Gasteiger partial charge in [-0.05, 0) is 56.0 Å². The number of benzene rings is 2. The van der Waals surface area contributed by atoms with Gasteiger partial charge in [-0.3, -0.25) is 4.79 Å². The van der Waals surface area contributed by atoms with Crippen LogP contribution in [0.3, 0.4) is 0 Å². The van der Waals surface area contributed by atoms with Crippen LogP contribution in [0.25, 0.3) is 5.69 Å². The van der Waals surface area contributed by atoms with E-state index in [0.29, 0.717) is 23.5 Å². The minimum atomic E-state index is -2.70. The van der Waals surface area contributed by atoms with Crippen LogP contribution in [0, 0.1) is 13.8 Å². The largest absolute Gasteiger partial charge is 0.476 e. The van der Waals surface area contributed by atoms with Crippen molar-refractivity contribution in [1.29, 1.82) is 0 Å². The van der Waals surface area contributed by atoms with Gasteiger partial charge < -0.3 is 16.2 Å². The molecule has 1 aliphatic rings. The Labute approximate surface area is 201 Å². The van der Waals surface area contributed by atoms with Crippen molar-refractivity contribution in [2.45, 2.75) is 57.9 Å². The third-order valence-corrected chi connectivity index (χ3v) is 6.53. The first-order valence-corrected chi connectivity index (χ1v) is 11.5. The highest BCUT2D eigenvalue weighted by Crippen LogP contribution is 2.42. The van der Waals surface area contributed by atoms with Crippen LogP contribution in [0.4, 0.5) is 14.5 Å². The summed E-state index contributed by atoms with van der Waals surface area (Å²) in [5.74, 6) is -4.43. The standard InChI is InChI=1S/C26H28F2N4O3/c1-15-3-4-16(2)20(13-15)24(33)30-14-17-5-7-19(8-6-17)32-23(25(34)35)21(29)22(31-32)18-9-11-26(27,28)12-10-18/h3-8,13,18H,9-12,14,29H2,1-2H3,(H,30,33)(H,34,35). The number of amides is 1. The number of nitrogens with two attached hydrogens (primary N) is 1. The maximum Gasteiger partial charge on any atom is 0.356 e. The molecule has 1 heterocycles. The summed E-state index contributed by atoms with van der Waals surface area (Å²) in [6.45, 7) is 4.10. The summed E-state index contributed by atoms with van der Waals surface area (Å²) in [5.41, 5.74) is 10.1. The molecule has 1 fully saturated rings. The van der Waals surface area contributed by atoms with E-state index >= 15 is 0 Å². The number of carbonyl (C=O) groups excluding carboxylic acids is 1. The molecule has 1 amide bonds. The van der Waals surface area contributed by atoms with E-state index in [2.05, 4.69) is 10.4 Å². The molecule has 0 atom stereocenters. The second-order valence-corrected chi connectivity index (χ2v) is 9.16. The molecule has 1 saturated carbocycles. The van der Waals surface area contributed by atoms with Gasteiger partial charge in [0.15, 0.2) is 5.69 Å². The molecule has 7 nitrogen and oxygen atoms in total. The number of carboxylic acid groups (broad SMARTS) is 1. The van der Waals surface area contributed by atoms with E-state index in [1.165, 1.54) is 4.68 Å². The SMILES string of the molecule is Cc1ccc(C)c(C(=O)NCc2ccc(-n3nc(C4CCC(F)(F)CC4)c(N)c3C(=O)O)cc2)c1. The molecule has 9 heteroatoms. The van der Waals surface area contributed by atoms with Crippen LogP contribution in [0.2, 0.25) is 0 Å². The molecule has 0 unspecified atom stereocenters. The molecule has 3 aromatic rings. The average Bonchev–Trinajstić information content (AvgIpc) is 3.16. The molecule has 1 aliphatic carbocycles. The lowest BCUT2D eigenvalue weighted by atomic mass is 9.84. The lowest BCUT2D eigenvalue weighted by Crippen LogP contribution is -2.24. The van der Waals surface area contributed by atoms with Gasteiger partial charge in [-0.25, -0.2) is 18.3 Å². The summed E-state index contributed by atoms with van der Waals surface area (Å²) >= 11 is 0. The highest BCUT2D eigenvalue weighted by Gasteiger charge is 2.38. The molecule has 0 bridgehead atoms. The van der Waals surface area contributed by atoms with Crippen LogP contribution in [-0.4, -0.2) is 32.7 Å². The maximum absolute atomic E-state index is 13.6. The van der Waals surface area contributed by atoms with Crippen molar-refractivity contribution >= 4 is 17.6 Å². The Bertz CT molecular complexity index is 1260. The number of nitrogen functional groups attached to an aromatic ring is 1. The quantitative estimate of drug-likeness (QED) is 0.458. The van der Waals surface area contributed by atoms with Crippen LogP contribution >= 0.6 is 0 Å². The van der Waals surface area contributed by atoms with Crippen molar-refractivity contribution in [2.24, 2.45) is 0 Å². The van der Waals surface area contributed by atoms with Crippen molar-refractivity contribution in [3.05, 3.63) is 76.1 Å². The number of alkyl halides is 2. The first kappa shape index (κ1) is 24.4. The number of hydrogen-bond donors (Lipinski definition) is 3. The van der Waals surface area contributed by atoms with Gasteiger partial charge in [0, 0.05) is 30.9 Å². The van der Waals surface area contributed by atoms with Crippen LogP contribution in [0.1, 0.15) is 74.8 Å². The number of carbonyl (C=O) groups is 2. The molecule has 4 rings (SSSR count). The monoisotopic (exact) mass is 482 g/mol. The first-order valence-electron chi connectivity index (χ1n) is 11.5. The number of hydrogen-bond acceptors (Lipinski definition) is 4.